The normalized spacial score (nSPS) is 12.2. The third-order valence-corrected chi connectivity index (χ3v) is 14.4. The predicted molar refractivity (Wildman–Crippen MR) is 312 cm³/mol. The van der Waals surface area contributed by atoms with E-state index >= 15 is 0 Å². The van der Waals surface area contributed by atoms with Crippen LogP contribution in [0.15, 0.2) is 36.5 Å². The number of hydrogen-bond donors (Lipinski definition) is 0. The first-order valence-electron chi connectivity index (χ1n) is 32.0. The third-order valence-electron chi connectivity index (χ3n) is 14.4. The van der Waals surface area contributed by atoms with E-state index in [9.17, 15) is 14.4 Å². The zero-order valence-electron chi connectivity index (χ0n) is 48.5. The van der Waals surface area contributed by atoms with Crippen LogP contribution in [0.4, 0.5) is 0 Å². The average Bonchev–Trinajstić information content (AvgIpc) is 3.38. The Morgan fingerprint density at radius 3 is 0.778 bits per heavy atom. The zero-order chi connectivity index (χ0) is 52.2. The Kier molecular flexibility index (Phi) is 59.2. The Morgan fingerprint density at radius 1 is 0.278 bits per heavy atom. The van der Waals surface area contributed by atoms with Gasteiger partial charge in [-0.25, -0.2) is 0 Å². The molecule has 0 heterocycles. The van der Waals surface area contributed by atoms with Crippen molar-refractivity contribution in [2.45, 2.75) is 354 Å². The van der Waals surface area contributed by atoms with Gasteiger partial charge >= 0.3 is 17.9 Å². The summed E-state index contributed by atoms with van der Waals surface area (Å²) < 4.78 is 16.9. The first-order valence-corrected chi connectivity index (χ1v) is 32.0. The van der Waals surface area contributed by atoms with Crippen LogP contribution in [0, 0.1) is 0 Å². The Morgan fingerprint density at radius 2 is 0.500 bits per heavy atom. The van der Waals surface area contributed by atoms with E-state index < -0.39 is 6.10 Å². The lowest BCUT2D eigenvalue weighted by atomic mass is 10.0. The molecule has 0 radical (unpaired) electrons. The molecule has 0 bridgehead atoms. The first kappa shape index (κ1) is 69.6. The molecule has 0 saturated heterocycles. The molecule has 0 N–H and O–H groups in total. The molecule has 1 atom stereocenters. The van der Waals surface area contributed by atoms with Gasteiger partial charge in [-0.2, -0.15) is 0 Å². The number of ether oxygens (including phenoxy) is 3. The molecule has 0 amide bonds. The van der Waals surface area contributed by atoms with Crippen molar-refractivity contribution in [3.63, 3.8) is 0 Å². The number of carbonyl (C=O) groups excluding carboxylic acids is 3. The van der Waals surface area contributed by atoms with E-state index in [2.05, 4.69) is 57.2 Å². The summed E-state index contributed by atoms with van der Waals surface area (Å²) in [6.07, 6.45) is 74.3. The van der Waals surface area contributed by atoms with Gasteiger partial charge in [-0.05, 0) is 77.0 Å². The van der Waals surface area contributed by atoms with Gasteiger partial charge in [0.25, 0.3) is 0 Å². The lowest BCUT2D eigenvalue weighted by Gasteiger charge is -2.18. The standard InChI is InChI=1S/C66H122O6/c1-4-7-10-13-16-19-22-25-28-29-30-31-32-33-34-35-36-37-39-41-44-47-50-53-56-59-65(68)71-62-63(61-70-64(67)58-55-52-49-46-43-40-27-24-21-18-15-12-9-6-3)72-66(69)60-57-54-51-48-45-42-38-26-23-20-17-14-11-8-5-2/h22,24-25,27,29-30,63H,4-21,23,26,28,31-62H2,1-3H3/b25-22-,27-24-,30-29-. The van der Waals surface area contributed by atoms with Gasteiger partial charge in [-0.15, -0.1) is 0 Å². The van der Waals surface area contributed by atoms with Crippen LogP contribution in [-0.2, 0) is 28.6 Å². The highest BCUT2D eigenvalue weighted by Crippen LogP contribution is 2.17. The quantitative estimate of drug-likeness (QED) is 0.0261. The topological polar surface area (TPSA) is 78.9 Å². The smallest absolute Gasteiger partial charge is 0.306 e. The Labute approximate surface area is 448 Å². The number of rotatable bonds is 59. The number of esters is 3. The second-order valence-corrected chi connectivity index (χ2v) is 21.7. The van der Waals surface area contributed by atoms with Crippen LogP contribution in [0.25, 0.3) is 0 Å². The van der Waals surface area contributed by atoms with Crippen molar-refractivity contribution in [1.82, 2.24) is 0 Å². The average molecular weight is 1010 g/mol. The maximum Gasteiger partial charge on any atom is 0.306 e. The van der Waals surface area contributed by atoms with Crippen LogP contribution in [-0.4, -0.2) is 37.2 Å². The van der Waals surface area contributed by atoms with Gasteiger partial charge in [-0.1, -0.05) is 288 Å². The van der Waals surface area contributed by atoms with Gasteiger partial charge in [0, 0.05) is 19.3 Å². The van der Waals surface area contributed by atoms with Gasteiger partial charge in [0.15, 0.2) is 6.10 Å². The summed E-state index contributed by atoms with van der Waals surface area (Å²) in [4.78, 5) is 38.3. The van der Waals surface area contributed by atoms with Crippen LogP contribution in [0.5, 0.6) is 0 Å². The van der Waals surface area contributed by atoms with Crippen LogP contribution in [0.3, 0.4) is 0 Å². The van der Waals surface area contributed by atoms with Crippen molar-refractivity contribution in [3.8, 4) is 0 Å². The molecule has 6 heteroatoms. The van der Waals surface area contributed by atoms with E-state index in [0.717, 1.165) is 70.6 Å². The van der Waals surface area contributed by atoms with Crippen molar-refractivity contribution in [3.05, 3.63) is 36.5 Å². The largest absolute Gasteiger partial charge is 0.462 e. The Hall–Kier alpha value is -2.37. The van der Waals surface area contributed by atoms with Crippen molar-refractivity contribution in [2.75, 3.05) is 13.2 Å². The van der Waals surface area contributed by atoms with Crippen LogP contribution >= 0.6 is 0 Å². The summed E-state index contributed by atoms with van der Waals surface area (Å²) in [7, 11) is 0. The van der Waals surface area contributed by atoms with E-state index in [0.29, 0.717) is 19.3 Å². The fraction of sp³-hybridized carbons (Fsp3) is 0.864. The molecule has 0 aromatic carbocycles. The third kappa shape index (κ3) is 58.5. The van der Waals surface area contributed by atoms with E-state index in [1.54, 1.807) is 0 Å². The molecule has 0 aromatic heterocycles. The van der Waals surface area contributed by atoms with Gasteiger partial charge < -0.3 is 14.2 Å². The molecule has 0 rings (SSSR count). The maximum absolute atomic E-state index is 12.9. The molecule has 0 fully saturated rings. The van der Waals surface area contributed by atoms with Gasteiger partial charge in [0.1, 0.15) is 13.2 Å². The van der Waals surface area contributed by atoms with Gasteiger partial charge in [0.2, 0.25) is 0 Å². The van der Waals surface area contributed by atoms with E-state index in [4.69, 9.17) is 14.2 Å². The van der Waals surface area contributed by atoms with Crippen LogP contribution in [0.1, 0.15) is 348 Å². The second kappa shape index (κ2) is 61.2. The molecule has 422 valence electrons. The molecule has 0 saturated carbocycles. The monoisotopic (exact) mass is 1010 g/mol. The second-order valence-electron chi connectivity index (χ2n) is 21.7. The number of carbonyl (C=O) groups is 3. The SMILES string of the molecule is CCCCCCC/C=C\C/C=C\CCCCCCCCCCCCCCCC(=O)OCC(COC(=O)CCCCCCC/C=C\CCCCCCC)OC(=O)CCCCCCCCCCCCCCCCC. The highest BCUT2D eigenvalue weighted by molar-refractivity contribution is 5.71. The minimum Gasteiger partial charge on any atom is -0.462 e. The summed E-state index contributed by atoms with van der Waals surface area (Å²) >= 11 is 0. The fourth-order valence-corrected chi connectivity index (χ4v) is 9.53. The minimum atomic E-state index is -0.773. The van der Waals surface area contributed by atoms with E-state index in [1.807, 2.05) is 0 Å². The minimum absolute atomic E-state index is 0.0706. The molecule has 1 unspecified atom stereocenters. The van der Waals surface area contributed by atoms with Crippen molar-refractivity contribution >= 4 is 17.9 Å². The number of allylic oxidation sites excluding steroid dienone is 6. The lowest BCUT2D eigenvalue weighted by Crippen LogP contribution is -2.30. The molecular formula is C66H122O6. The summed E-state index contributed by atoms with van der Waals surface area (Å²) in [5, 5.41) is 0. The van der Waals surface area contributed by atoms with Crippen LogP contribution < -0.4 is 0 Å². The lowest BCUT2D eigenvalue weighted by molar-refractivity contribution is -0.167. The molecule has 0 spiro atoms. The molecule has 0 aliphatic carbocycles. The van der Waals surface area contributed by atoms with Crippen molar-refractivity contribution in [2.24, 2.45) is 0 Å². The maximum atomic E-state index is 12.9. The summed E-state index contributed by atoms with van der Waals surface area (Å²) in [5.74, 6) is -0.857. The first-order chi connectivity index (χ1) is 35.5. The van der Waals surface area contributed by atoms with Crippen LogP contribution in [0.2, 0.25) is 0 Å². The molecule has 72 heavy (non-hydrogen) atoms. The predicted octanol–water partition coefficient (Wildman–Crippen LogP) is 21.6. The number of unbranched alkanes of at least 4 members (excludes halogenated alkanes) is 42. The van der Waals surface area contributed by atoms with E-state index in [1.165, 1.54) is 238 Å². The molecule has 0 aliphatic rings. The molecule has 0 aromatic rings. The highest BCUT2D eigenvalue weighted by Gasteiger charge is 2.19. The molecule has 0 aliphatic heterocycles. The Bertz CT molecular complexity index is 1210. The fourth-order valence-electron chi connectivity index (χ4n) is 9.53. The highest BCUT2D eigenvalue weighted by atomic mass is 16.6. The van der Waals surface area contributed by atoms with Gasteiger partial charge in [0.05, 0.1) is 0 Å². The van der Waals surface area contributed by atoms with E-state index in [-0.39, 0.29) is 31.1 Å². The van der Waals surface area contributed by atoms with Gasteiger partial charge in [-0.3, -0.25) is 14.4 Å². The Balaban J connectivity index is 4.25. The zero-order valence-corrected chi connectivity index (χ0v) is 48.5. The summed E-state index contributed by atoms with van der Waals surface area (Å²) in [6, 6.07) is 0. The summed E-state index contributed by atoms with van der Waals surface area (Å²) in [5.41, 5.74) is 0. The van der Waals surface area contributed by atoms with Crippen molar-refractivity contribution < 1.29 is 28.6 Å². The molecule has 6 nitrogen and oxygen atoms in total. The number of hydrogen-bond acceptors (Lipinski definition) is 6. The molecular weight excluding hydrogens is 889 g/mol. The van der Waals surface area contributed by atoms with Crippen molar-refractivity contribution in [1.29, 1.82) is 0 Å². The summed E-state index contributed by atoms with van der Waals surface area (Å²) in [6.45, 7) is 6.67.